The van der Waals surface area contributed by atoms with Crippen LogP contribution in [0, 0.1) is 10.2 Å². The van der Waals surface area contributed by atoms with Crippen molar-refractivity contribution in [2.45, 2.75) is 5.03 Å². The first-order valence-electron chi connectivity index (χ1n) is 8.24. The summed E-state index contributed by atoms with van der Waals surface area (Å²) < 4.78 is 37.2. The first-order valence-corrected chi connectivity index (χ1v) is 11.1. The van der Waals surface area contributed by atoms with Crippen molar-refractivity contribution in [2.75, 3.05) is 0 Å². The number of pyridine rings is 2. The molecule has 0 radical (unpaired) electrons. The lowest BCUT2D eigenvalue weighted by Gasteiger charge is -2.17. The third-order valence-corrected chi connectivity index (χ3v) is 5.80. The maximum atomic E-state index is 12.2. The van der Waals surface area contributed by atoms with Crippen molar-refractivity contribution >= 4 is 39.9 Å². The van der Waals surface area contributed by atoms with E-state index in [-0.39, 0.29) is 11.8 Å². The fraction of sp³-hybridized carbons (Fsp3) is 0. The number of carbonyl (C=O) groups is 1. The van der Waals surface area contributed by atoms with Crippen LogP contribution in [0.3, 0.4) is 0 Å². The van der Waals surface area contributed by atoms with Gasteiger partial charge in [-0.3, -0.25) is 0 Å². The lowest BCUT2D eigenvalue weighted by atomic mass is 10.3. The van der Waals surface area contributed by atoms with Crippen LogP contribution in [-0.4, -0.2) is 5.91 Å². The monoisotopic (exact) mass is 464 g/mol. The number of allylic oxidation sites excluding steroid dienone is 5. The van der Waals surface area contributed by atoms with E-state index in [0.29, 0.717) is 9.78 Å². The summed E-state index contributed by atoms with van der Waals surface area (Å²) >= 11 is 2.90. The number of hydrogen-bond acceptors (Lipinski definition) is 8. The van der Waals surface area contributed by atoms with E-state index in [9.17, 15) is 9.90 Å². The molecule has 0 saturated heterocycles. The quantitative estimate of drug-likeness (QED) is 0.248. The Morgan fingerprint density at radius 3 is 2.33 bits per heavy atom. The third kappa shape index (κ3) is 5.74. The number of thioether (sulfide) groups is 1. The summed E-state index contributed by atoms with van der Waals surface area (Å²) in [5.74, 6) is -0.0334. The molecule has 0 saturated carbocycles. The fourth-order valence-electron chi connectivity index (χ4n) is 2.47. The van der Waals surface area contributed by atoms with Crippen LogP contribution < -0.4 is 32.7 Å². The summed E-state index contributed by atoms with van der Waals surface area (Å²) in [5, 5.41) is 13.1. The number of carbonyl (C=O) groups excluding carboxylic acids is 1. The number of fused-ring (bicyclic) bond motifs is 2. The average molecular weight is 465 g/mol. The van der Waals surface area contributed by atoms with Crippen molar-refractivity contribution < 1.29 is 47.7 Å². The van der Waals surface area contributed by atoms with Gasteiger partial charge in [0.05, 0.1) is 4.88 Å². The molecule has 8 nitrogen and oxygen atoms in total. The molecule has 3 aromatic heterocycles. The molecule has 3 aromatic rings. The largest absolute Gasteiger partial charge is 0.822 e. The summed E-state index contributed by atoms with van der Waals surface area (Å²) in [5.41, 5.74) is 0. The van der Waals surface area contributed by atoms with Crippen LogP contribution in [-0.2, 0) is 0 Å². The Morgan fingerprint density at radius 1 is 0.933 bits per heavy atom. The minimum atomic E-state index is -4.94. The second-order valence-electron chi connectivity index (χ2n) is 5.65. The molecule has 0 N–H and O–H groups in total. The van der Waals surface area contributed by atoms with Gasteiger partial charge in [-0.25, -0.2) is 23.4 Å². The average Bonchev–Trinajstić information content (AvgIpc) is 3.18. The Balaban J connectivity index is 0.000000461. The summed E-state index contributed by atoms with van der Waals surface area (Å²) in [4.78, 5) is 14.5. The van der Waals surface area contributed by atoms with Crippen LogP contribution in [0.5, 0.6) is 5.88 Å². The van der Waals surface area contributed by atoms with Crippen LogP contribution >= 0.6 is 23.1 Å². The van der Waals surface area contributed by atoms with E-state index >= 15 is 0 Å². The Labute approximate surface area is 181 Å². The highest BCUT2D eigenvalue weighted by Crippen LogP contribution is 2.29. The van der Waals surface area contributed by atoms with Gasteiger partial charge in [0.2, 0.25) is 0 Å². The zero-order valence-corrected chi connectivity index (χ0v) is 17.4. The number of aromatic nitrogens is 2. The zero-order chi connectivity index (χ0) is 21.7. The van der Waals surface area contributed by atoms with Gasteiger partial charge < -0.3 is 5.11 Å². The number of thiazole rings is 1. The number of hydrogen-bond donors (Lipinski definition) is 0. The van der Waals surface area contributed by atoms with Crippen molar-refractivity contribution in [1.29, 1.82) is 0 Å². The van der Waals surface area contributed by atoms with E-state index < -0.39 is 10.2 Å². The van der Waals surface area contributed by atoms with E-state index in [1.165, 1.54) is 23.1 Å². The Bertz CT molecular complexity index is 1160. The van der Waals surface area contributed by atoms with Crippen molar-refractivity contribution in [1.82, 2.24) is 0 Å². The highest BCUT2D eigenvalue weighted by molar-refractivity contribution is 8.04. The Kier molecular flexibility index (Phi) is 7.00. The second-order valence-corrected chi connectivity index (χ2v) is 8.53. The summed E-state index contributed by atoms with van der Waals surface area (Å²) in [6.45, 7) is 0. The maximum Gasteiger partial charge on any atom is 0.432 e. The van der Waals surface area contributed by atoms with Crippen molar-refractivity contribution in [2.24, 2.45) is 0 Å². The molecule has 0 unspecified atom stereocenters. The predicted molar refractivity (Wildman–Crippen MR) is 96.3 cm³/mol. The molecule has 0 spiro atoms. The molecule has 0 atom stereocenters. The molecule has 0 fully saturated rings. The minimum absolute atomic E-state index is 0.0167. The van der Waals surface area contributed by atoms with Crippen LogP contribution in [0.15, 0.2) is 83.0 Å². The number of halogens is 1. The SMILES string of the molecule is O=C1/C(=C/C=C/C=C/c2sc3cccc[n+]3c2[O-])Sc2cccc[n+]21.[O-][Cl+3]([O-])([O-])[O-]. The van der Waals surface area contributed by atoms with E-state index in [2.05, 4.69) is 0 Å². The number of nitrogens with zero attached hydrogens (tertiary/aromatic N) is 2. The van der Waals surface area contributed by atoms with Gasteiger partial charge in [0.25, 0.3) is 9.86 Å². The molecule has 0 bridgehead atoms. The van der Waals surface area contributed by atoms with Crippen molar-refractivity contribution in [3.05, 3.63) is 82.9 Å². The molecule has 154 valence electrons. The van der Waals surface area contributed by atoms with Gasteiger partial charge in [-0.05, 0) is 36.0 Å². The first-order chi connectivity index (χ1) is 14.2. The third-order valence-electron chi connectivity index (χ3n) is 3.65. The molecule has 30 heavy (non-hydrogen) atoms. The second kappa shape index (κ2) is 9.49. The summed E-state index contributed by atoms with van der Waals surface area (Å²) in [6, 6.07) is 11.3. The zero-order valence-electron chi connectivity index (χ0n) is 15.0. The minimum Gasteiger partial charge on any atom is -0.822 e. The molecule has 1 aliphatic heterocycles. The molecule has 0 aliphatic carbocycles. The van der Waals surface area contributed by atoms with Crippen LogP contribution in [0.1, 0.15) is 9.67 Å². The highest BCUT2D eigenvalue weighted by atomic mass is 35.7. The summed E-state index contributed by atoms with van der Waals surface area (Å²) in [6.07, 6.45) is 12.6. The molecule has 4 heterocycles. The topological polar surface area (TPSA) is 140 Å². The molecule has 0 aromatic carbocycles. The van der Waals surface area contributed by atoms with Crippen LogP contribution in [0.4, 0.5) is 0 Å². The van der Waals surface area contributed by atoms with Gasteiger partial charge in [-0.1, -0.05) is 29.6 Å². The van der Waals surface area contributed by atoms with Gasteiger partial charge >= 0.3 is 5.91 Å². The van der Waals surface area contributed by atoms with Gasteiger partial charge in [0, 0.05) is 24.3 Å². The van der Waals surface area contributed by atoms with Gasteiger partial charge in [0.15, 0.2) is 18.3 Å². The van der Waals surface area contributed by atoms with Crippen LogP contribution in [0.25, 0.3) is 10.9 Å². The van der Waals surface area contributed by atoms with E-state index in [1.807, 2.05) is 54.6 Å². The summed E-state index contributed by atoms with van der Waals surface area (Å²) in [7, 11) is -4.94. The molecule has 1 aliphatic rings. The van der Waals surface area contributed by atoms with E-state index in [4.69, 9.17) is 18.6 Å². The lowest BCUT2D eigenvalue weighted by molar-refractivity contribution is -2.00. The highest BCUT2D eigenvalue weighted by Gasteiger charge is 2.34. The van der Waals surface area contributed by atoms with E-state index in [0.717, 1.165) is 9.86 Å². The van der Waals surface area contributed by atoms with Gasteiger partial charge in [-0.2, -0.15) is 4.40 Å². The van der Waals surface area contributed by atoms with E-state index in [1.54, 1.807) is 33.5 Å². The predicted octanol–water partition coefficient (Wildman–Crippen LogP) is -2.01. The molecule has 11 heteroatoms. The van der Waals surface area contributed by atoms with Gasteiger partial charge in [-0.15, -0.1) is 14.8 Å². The fourth-order valence-corrected chi connectivity index (χ4v) is 4.36. The molecular weight excluding hydrogens is 452 g/mol. The van der Waals surface area contributed by atoms with Crippen molar-refractivity contribution in [3.63, 3.8) is 0 Å². The standard InChI is InChI=1S/C19H13N2O2S2.ClHO4/c22-18-14(24-16-10-4-6-12-20(16)18)8-2-1-3-9-15-19(23)21-13-7-5-11-17(21)25-15;2-1(3,4)5/h1-13H;(H,2,3,4,5)/q+1;/p-1. The van der Waals surface area contributed by atoms with Crippen LogP contribution in [0.2, 0.25) is 0 Å². The number of rotatable bonds is 3. The molecular formula is C19H13ClN2O6S2. The Hall–Kier alpha value is -2.57. The van der Waals surface area contributed by atoms with Gasteiger partial charge in [0.1, 0.15) is 4.91 Å². The first kappa shape index (κ1) is 22.1. The molecule has 4 rings (SSSR count). The maximum absolute atomic E-state index is 12.2. The van der Waals surface area contributed by atoms with Crippen molar-refractivity contribution in [3.8, 4) is 5.88 Å². The molecule has 0 amide bonds. The Morgan fingerprint density at radius 2 is 1.63 bits per heavy atom. The smallest absolute Gasteiger partial charge is 0.432 e. The lowest BCUT2D eigenvalue weighted by Crippen LogP contribution is -2.68. The normalized spacial score (nSPS) is 15.2.